The normalized spacial score (nSPS) is 28.6. The highest BCUT2D eigenvalue weighted by molar-refractivity contribution is 9.10. The Balaban J connectivity index is 2.07. The Morgan fingerprint density at radius 2 is 2.25 bits per heavy atom. The predicted molar refractivity (Wildman–Crippen MR) is 59.9 cm³/mol. The van der Waals surface area contributed by atoms with Gasteiger partial charge in [0.25, 0.3) is 0 Å². The maximum atomic E-state index is 13.0. The highest BCUT2D eigenvalue weighted by Gasteiger charge is 2.42. The van der Waals surface area contributed by atoms with Crippen LogP contribution in [-0.2, 0) is 4.74 Å². The molecule has 1 aromatic carbocycles. The van der Waals surface area contributed by atoms with Gasteiger partial charge in [0.1, 0.15) is 23.8 Å². The third-order valence-electron chi connectivity index (χ3n) is 2.66. The van der Waals surface area contributed by atoms with Crippen molar-refractivity contribution in [3.63, 3.8) is 0 Å². The Labute approximate surface area is 101 Å². The molecular formula is C11H12BrFO3. The van der Waals surface area contributed by atoms with Crippen LogP contribution < -0.4 is 4.74 Å². The van der Waals surface area contributed by atoms with Crippen LogP contribution >= 0.6 is 15.9 Å². The number of aliphatic hydroxyl groups is 1. The first-order valence-electron chi connectivity index (χ1n) is 4.94. The van der Waals surface area contributed by atoms with Crippen LogP contribution in [0.15, 0.2) is 22.7 Å². The second kappa shape index (κ2) is 4.69. The van der Waals surface area contributed by atoms with E-state index in [1.165, 1.54) is 19.2 Å². The van der Waals surface area contributed by atoms with Gasteiger partial charge in [0, 0.05) is 19.6 Å². The molecule has 5 heteroatoms. The Bertz CT molecular complexity index is 385. The summed E-state index contributed by atoms with van der Waals surface area (Å²) in [5.41, 5.74) is 0. The first-order valence-corrected chi connectivity index (χ1v) is 5.73. The predicted octanol–water partition coefficient (Wildman–Crippen LogP) is 2.12. The zero-order valence-electron chi connectivity index (χ0n) is 8.69. The van der Waals surface area contributed by atoms with Crippen LogP contribution in [0.3, 0.4) is 0 Å². The number of ether oxygens (including phenoxy) is 2. The molecule has 0 radical (unpaired) electrons. The van der Waals surface area contributed by atoms with E-state index in [0.29, 0.717) is 16.6 Å². The lowest BCUT2D eigenvalue weighted by Gasteiger charge is -2.40. The maximum absolute atomic E-state index is 13.0. The Hall–Kier alpha value is -0.650. The van der Waals surface area contributed by atoms with E-state index in [0.717, 1.165) is 0 Å². The summed E-state index contributed by atoms with van der Waals surface area (Å²) in [6, 6.07) is 4.24. The van der Waals surface area contributed by atoms with Crippen LogP contribution in [0.4, 0.5) is 4.39 Å². The van der Waals surface area contributed by atoms with Gasteiger partial charge >= 0.3 is 0 Å². The lowest BCUT2D eigenvalue weighted by molar-refractivity contribution is -0.149. The molecular weight excluding hydrogens is 279 g/mol. The van der Waals surface area contributed by atoms with E-state index >= 15 is 0 Å². The summed E-state index contributed by atoms with van der Waals surface area (Å²) in [4.78, 5) is 0. The van der Waals surface area contributed by atoms with Gasteiger partial charge in [0.05, 0.1) is 10.6 Å². The number of halogens is 2. The summed E-state index contributed by atoms with van der Waals surface area (Å²) < 4.78 is 24.3. The van der Waals surface area contributed by atoms with Crippen molar-refractivity contribution in [2.24, 2.45) is 0 Å². The number of methoxy groups -OCH3 is 1. The molecule has 16 heavy (non-hydrogen) atoms. The molecule has 0 aromatic heterocycles. The Morgan fingerprint density at radius 1 is 1.50 bits per heavy atom. The van der Waals surface area contributed by atoms with E-state index in [4.69, 9.17) is 9.47 Å². The van der Waals surface area contributed by atoms with E-state index in [9.17, 15) is 9.50 Å². The minimum Gasteiger partial charge on any atom is -0.486 e. The summed E-state index contributed by atoms with van der Waals surface area (Å²) in [7, 11) is 1.52. The molecule has 88 valence electrons. The van der Waals surface area contributed by atoms with Gasteiger partial charge in [-0.25, -0.2) is 4.39 Å². The van der Waals surface area contributed by atoms with Crippen molar-refractivity contribution < 1.29 is 19.0 Å². The van der Waals surface area contributed by atoms with Gasteiger partial charge in [-0.15, -0.1) is 0 Å². The summed E-state index contributed by atoms with van der Waals surface area (Å²) in [6.45, 7) is 0. The molecule has 0 spiro atoms. The number of aliphatic hydroxyl groups excluding tert-OH is 1. The lowest BCUT2D eigenvalue weighted by atomic mass is 9.88. The fraction of sp³-hybridized carbons (Fsp3) is 0.455. The molecule has 3 nitrogen and oxygen atoms in total. The average molecular weight is 291 g/mol. The molecule has 0 saturated heterocycles. The van der Waals surface area contributed by atoms with E-state index < -0.39 is 6.10 Å². The van der Waals surface area contributed by atoms with Gasteiger partial charge in [0.15, 0.2) is 0 Å². The van der Waals surface area contributed by atoms with Crippen molar-refractivity contribution in [3.8, 4) is 5.75 Å². The molecule has 3 atom stereocenters. The third-order valence-corrected chi connectivity index (χ3v) is 3.32. The molecule has 1 aromatic rings. The van der Waals surface area contributed by atoms with Crippen molar-refractivity contribution in [1.82, 2.24) is 0 Å². The van der Waals surface area contributed by atoms with Crippen molar-refractivity contribution in [1.29, 1.82) is 0 Å². The Morgan fingerprint density at radius 3 is 2.88 bits per heavy atom. The molecule has 1 saturated carbocycles. The van der Waals surface area contributed by atoms with Crippen molar-refractivity contribution >= 4 is 15.9 Å². The molecule has 1 aliphatic carbocycles. The number of rotatable bonds is 3. The van der Waals surface area contributed by atoms with Gasteiger partial charge < -0.3 is 14.6 Å². The fourth-order valence-electron chi connectivity index (χ4n) is 1.71. The minimum atomic E-state index is -0.498. The monoisotopic (exact) mass is 290 g/mol. The first-order chi connectivity index (χ1) is 7.61. The quantitative estimate of drug-likeness (QED) is 0.927. The molecule has 1 fully saturated rings. The zero-order chi connectivity index (χ0) is 11.7. The molecule has 3 unspecified atom stereocenters. The molecule has 1 N–H and O–H groups in total. The molecule has 0 aliphatic heterocycles. The number of hydrogen-bond donors (Lipinski definition) is 1. The van der Waals surface area contributed by atoms with Crippen molar-refractivity contribution in [2.45, 2.75) is 24.7 Å². The summed E-state index contributed by atoms with van der Waals surface area (Å²) in [6.07, 6.45) is -0.558. The molecule has 0 heterocycles. The van der Waals surface area contributed by atoms with E-state index in [1.807, 2.05) is 0 Å². The summed E-state index contributed by atoms with van der Waals surface area (Å²) >= 11 is 3.27. The standard InChI is InChI=1S/C11H12BrFO3/c1-15-11-8(14)5-10(11)16-9-4-6(13)2-3-7(9)12/h2-4,8,10-11,14H,5H2,1H3. The molecule has 0 amide bonds. The third kappa shape index (κ3) is 2.21. The smallest absolute Gasteiger partial charge is 0.136 e. The first kappa shape index (κ1) is 11.8. The Kier molecular flexibility index (Phi) is 3.47. The second-order valence-electron chi connectivity index (χ2n) is 3.73. The average Bonchev–Trinajstić information content (AvgIpc) is 2.23. The van der Waals surface area contributed by atoms with Crippen LogP contribution in [0, 0.1) is 5.82 Å². The maximum Gasteiger partial charge on any atom is 0.136 e. The van der Waals surface area contributed by atoms with Crippen molar-refractivity contribution in [3.05, 3.63) is 28.5 Å². The second-order valence-corrected chi connectivity index (χ2v) is 4.59. The fourth-order valence-corrected chi connectivity index (χ4v) is 2.05. The molecule has 1 aliphatic rings. The lowest BCUT2D eigenvalue weighted by Crippen LogP contribution is -2.54. The summed E-state index contributed by atoms with van der Waals surface area (Å²) in [5, 5.41) is 9.39. The van der Waals surface area contributed by atoms with E-state index in [1.54, 1.807) is 6.07 Å². The van der Waals surface area contributed by atoms with E-state index in [-0.39, 0.29) is 18.0 Å². The van der Waals surface area contributed by atoms with Gasteiger partial charge in [0.2, 0.25) is 0 Å². The largest absolute Gasteiger partial charge is 0.486 e. The van der Waals surface area contributed by atoms with Gasteiger partial charge in [-0.2, -0.15) is 0 Å². The van der Waals surface area contributed by atoms with E-state index in [2.05, 4.69) is 15.9 Å². The van der Waals surface area contributed by atoms with Crippen LogP contribution in [-0.4, -0.2) is 30.5 Å². The topological polar surface area (TPSA) is 38.7 Å². The zero-order valence-corrected chi connectivity index (χ0v) is 10.3. The van der Waals surface area contributed by atoms with Gasteiger partial charge in [-0.3, -0.25) is 0 Å². The van der Waals surface area contributed by atoms with Gasteiger partial charge in [-0.1, -0.05) is 0 Å². The number of hydrogen-bond acceptors (Lipinski definition) is 3. The minimum absolute atomic E-state index is 0.224. The van der Waals surface area contributed by atoms with Crippen molar-refractivity contribution in [2.75, 3.05) is 7.11 Å². The van der Waals surface area contributed by atoms with Crippen LogP contribution in [0.2, 0.25) is 0 Å². The van der Waals surface area contributed by atoms with Gasteiger partial charge in [-0.05, 0) is 28.1 Å². The number of benzene rings is 1. The summed E-state index contributed by atoms with van der Waals surface area (Å²) in [5.74, 6) is 0.0750. The highest BCUT2D eigenvalue weighted by atomic mass is 79.9. The van der Waals surface area contributed by atoms with Crippen LogP contribution in [0.25, 0.3) is 0 Å². The highest BCUT2D eigenvalue weighted by Crippen LogP contribution is 2.32. The molecule has 0 bridgehead atoms. The SMILES string of the molecule is COC1C(O)CC1Oc1cc(F)ccc1Br. The van der Waals surface area contributed by atoms with Crippen LogP contribution in [0.5, 0.6) is 5.75 Å². The molecule has 2 rings (SSSR count). The van der Waals surface area contributed by atoms with Crippen LogP contribution in [0.1, 0.15) is 6.42 Å².